The second kappa shape index (κ2) is 10.2. The lowest BCUT2D eigenvalue weighted by Crippen LogP contribution is -2.44. The maximum absolute atomic E-state index is 13.0. The second-order valence-electron chi connectivity index (χ2n) is 8.52. The maximum atomic E-state index is 13.0. The van der Waals surface area contributed by atoms with Crippen LogP contribution < -0.4 is 15.5 Å². The van der Waals surface area contributed by atoms with E-state index in [1.54, 1.807) is 12.1 Å². The first-order valence-corrected chi connectivity index (χ1v) is 11.1. The van der Waals surface area contributed by atoms with Crippen LogP contribution >= 0.6 is 0 Å². The molecule has 2 N–H and O–H groups in total. The summed E-state index contributed by atoms with van der Waals surface area (Å²) < 4.78 is 78.1. The average Bonchev–Trinajstić information content (AvgIpc) is 2.84. The normalized spacial score (nSPS) is 14.9. The van der Waals surface area contributed by atoms with Crippen LogP contribution in [0.25, 0.3) is 11.3 Å². The smallest absolute Gasteiger partial charge is 0.353 e. The number of rotatable bonds is 4. The van der Waals surface area contributed by atoms with E-state index in [4.69, 9.17) is 0 Å². The Balaban J connectivity index is 1.41. The topological polar surface area (TPSA) is 73.4 Å². The minimum Gasteiger partial charge on any atom is -0.353 e. The number of carbonyl (C=O) groups is 1. The van der Waals surface area contributed by atoms with Gasteiger partial charge in [-0.1, -0.05) is 12.1 Å². The summed E-state index contributed by atoms with van der Waals surface area (Å²) in [5, 5.41) is 12.9. The van der Waals surface area contributed by atoms with Crippen LogP contribution in [0.15, 0.2) is 54.6 Å². The summed E-state index contributed by atoms with van der Waals surface area (Å²) in [6.07, 6.45) is -10.0. The SMILES string of the molecule is CN1CCN(c2ccc(-c3ccc(NC(=O)Nc4cc(C(F)(F)F)cc(C(F)(F)F)c4)cc3)nn2)CC1. The van der Waals surface area contributed by atoms with Gasteiger partial charge in [0.25, 0.3) is 0 Å². The molecule has 0 spiro atoms. The van der Waals surface area contributed by atoms with Gasteiger partial charge in [-0.3, -0.25) is 0 Å². The molecule has 0 bridgehead atoms. The van der Waals surface area contributed by atoms with Gasteiger partial charge >= 0.3 is 18.4 Å². The monoisotopic (exact) mass is 524 g/mol. The fourth-order valence-corrected chi connectivity index (χ4v) is 3.73. The molecule has 1 aliphatic rings. The molecule has 2 aromatic carbocycles. The van der Waals surface area contributed by atoms with E-state index in [0.717, 1.165) is 32.0 Å². The minimum absolute atomic E-state index is 0.0115. The van der Waals surface area contributed by atoms with Crippen molar-refractivity contribution in [2.75, 3.05) is 48.8 Å². The van der Waals surface area contributed by atoms with Gasteiger partial charge in [0.05, 0.1) is 16.8 Å². The zero-order valence-corrected chi connectivity index (χ0v) is 19.5. The third kappa shape index (κ3) is 6.67. The van der Waals surface area contributed by atoms with E-state index in [-0.39, 0.29) is 11.8 Å². The minimum atomic E-state index is -5.02. The Morgan fingerprint density at radius 1 is 0.757 bits per heavy atom. The molecule has 0 atom stereocenters. The fourth-order valence-electron chi connectivity index (χ4n) is 3.73. The van der Waals surface area contributed by atoms with Crippen LogP contribution in [0.3, 0.4) is 0 Å². The number of benzene rings is 2. The first kappa shape index (κ1) is 26.2. The highest BCUT2D eigenvalue weighted by Crippen LogP contribution is 2.37. The van der Waals surface area contributed by atoms with E-state index in [1.807, 2.05) is 17.4 Å². The first-order chi connectivity index (χ1) is 17.4. The standard InChI is InChI=1S/C24H22F6N6O/c1-35-8-10-36(11-9-35)21-7-6-20(33-34-21)15-2-4-18(5-3-15)31-22(37)32-19-13-16(23(25,26)27)12-17(14-19)24(28,29)30/h2-7,12-14H,8-11H2,1H3,(H2,31,32,37). The summed E-state index contributed by atoms with van der Waals surface area (Å²) >= 11 is 0. The van der Waals surface area contributed by atoms with E-state index in [2.05, 4.69) is 32.4 Å². The number of carbonyl (C=O) groups excluding carboxylic acids is 1. The number of alkyl halides is 6. The van der Waals surface area contributed by atoms with Crippen LogP contribution in [-0.4, -0.2) is 54.4 Å². The number of nitrogens with zero attached hydrogens (tertiary/aromatic N) is 4. The van der Waals surface area contributed by atoms with E-state index >= 15 is 0 Å². The van der Waals surface area contributed by atoms with E-state index < -0.39 is 35.2 Å². The lowest BCUT2D eigenvalue weighted by molar-refractivity contribution is -0.143. The summed E-state index contributed by atoms with van der Waals surface area (Å²) in [4.78, 5) is 16.6. The zero-order valence-electron chi connectivity index (χ0n) is 19.5. The number of amides is 2. The molecule has 1 saturated heterocycles. The van der Waals surface area contributed by atoms with E-state index in [9.17, 15) is 31.1 Å². The third-order valence-electron chi connectivity index (χ3n) is 5.76. The Hall–Kier alpha value is -3.87. The number of piperazine rings is 1. The Bertz CT molecular complexity index is 1200. The van der Waals surface area contributed by atoms with Gasteiger partial charge in [-0.05, 0) is 49.5 Å². The zero-order chi connectivity index (χ0) is 26.8. The van der Waals surface area contributed by atoms with Crippen molar-refractivity contribution in [3.05, 3.63) is 65.7 Å². The van der Waals surface area contributed by atoms with Crippen LogP contribution in [0.5, 0.6) is 0 Å². The van der Waals surface area contributed by atoms with Crippen LogP contribution in [-0.2, 0) is 12.4 Å². The van der Waals surface area contributed by atoms with Crippen LogP contribution in [0.1, 0.15) is 11.1 Å². The summed E-state index contributed by atoms with van der Waals surface area (Å²) in [5.41, 5.74) is -2.13. The number of hydrogen-bond donors (Lipinski definition) is 2. The number of halogens is 6. The Morgan fingerprint density at radius 3 is 1.84 bits per heavy atom. The molecule has 2 amide bonds. The summed E-state index contributed by atoms with van der Waals surface area (Å²) in [6.45, 7) is 3.57. The third-order valence-corrected chi connectivity index (χ3v) is 5.76. The van der Waals surface area contributed by atoms with Crippen molar-refractivity contribution < 1.29 is 31.1 Å². The Labute approximate surface area is 208 Å². The molecule has 0 aliphatic carbocycles. The molecule has 0 radical (unpaired) electrons. The van der Waals surface area contributed by atoms with Crippen molar-refractivity contribution in [3.63, 3.8) is 0 Å². The van der Waals surface area contributed by atoms with E-state index in [0.29, 0.717) is 23.4 Å². The second-order valence-corrected chi connectivity index (χ2v) is 8.52. The van der Waals surface area contributed by atoms with Crippen LogP contribution in [0.2, 0.25) is 0 Å². The lowest BCUT2D eigenvalue weighted by Gasteiger charge is -2.32. The van der Waals surface area contributed by atoms with Gasteiger partial charge in [-0.25, -0.2) is 4.79 Å². The molecule has 3 aromatic rings. The van der Waals surface area contributed by atoms with Gasteiger partial charge in [0.2, 0.25) is 0 Å². The highest BCUT2D eigenvalue weighted by atomic mass is 19.4. The molecular weight excluding hydrogens is 502 g/mol. The molecule has 0 saturated carbocycles. The van der Waals surface area contributed by atoms with Gasteiger partial charge in [0.1, 0.15) is 0 Å². The predicted octanol–water partition coefficient (Wildman–Crippen LogP) is 5.58. The first-order valence-electron chi connectivity index (χ1n) is 11.1. The molecule has 1 fully saturated rings. The molecule has 7 nitrogen and oxygen atoms in total. The highest BCUT2D eigenvalue weighted by Gasteiger charge is 2.37. The van der Waals surface area contributed by atoms with Crippen molar-refractivity contribution in [1.29, 1.82) is 0 Å². The van der Waals surface area contributed by atoms with Crippen molar-refractivity contribution >= 4 is 23.2 Å². The van der Waals surface area contributed by atoms with Crippen molar-refractivity contribution in [2.45, 2.75) is 12.4 Å². The molecule has 196 valence electrons. The predicted molar refractivity (Wildman–Crippen MR) is 126 cm³/mol. The van der Waals surface area contributed by atoms with Gasteiger partial charge < -0.3 is 20.4 Å². The van der Waals surface area contributed by atoms with Crippen LogP contribution in [0.4, 0.5) is 48.3 Å². The molecule has 0 unspecified atom stereocenters. The van der Waals surface area contributed by atoms with Crippen molar-refractivity contribution in [3.8, 4) is 11.3 Å². The molecular formula is C24H22F6N6O. The molecule has 1 aliphatic heterocycles. The molecule has 2 heterocycles. The summed E-state index contributed by atoms with van der Waals surface area (Å²) in [7, 11) is 2.06. The molecule has 4 rings (SSSR count). The number of urea groups is 1. The number of aromatic nitrogens is 2. The molecule has 1 aromatic heterocycles. The number of likely N-dealkylation sites (N-methyl/N-ethyl adjacent to an activating group) is 1. The average molecular weight is 524 g/mol. The lowest BCUT2D eigenvalue weighted by atomic mass is 10.1. The number of anilines is 3. The number of nitrogens with one attached hydrogen (secondary N) is 2. The summed E-state index contributed by atoms with van der Waals surface area (Å²) in [6, 6.07) is 9.90. The number of hydrogen-bond acceptors (Lipinski definition) is 5. The Morgan fingerprint density at radius 2 is 1.32 bits per heavy atom. The Kier molecular flexibility index (Phi) is 7.25. The van der Waals surface area contributed by atoms with Crippen molar-refractivity contribution in [2.24, 2.45) is 0 Å². The van der Waals surface area contributed by atoms with Gasteiger partial charge in [-0.2, -0.15) is 26.3 Å². The van der Waals surface area contributed by atoms with Gasteiger partial charge in [0.15, 0.2) is 5.82 Å². The van der Waals surface area contributed by atoms with Crippen LogP contribution in [0, 0.1) is 0 Å². The maximum Gasteiger partial charge on any atom is 0.416 e. The largest absolute Gasteiger partial charge is 0.416 e. The summed E-state index contributed by atoms with van der Waals surface area (Å²) in [5.74, 6) is 0.773. The van der Waals surface area contributed by atoms with Gasteiger partial charge in [-0.15, -0.1) is 10.2 Å². The van der Waals surface area contributed by atoms with Gasteiger partial charge in [0, 0.05) is 43.1 Å². The quantitative estimate of drug-likeness (QED) is 0.437. The van der Waals surface area contributed by atoms with Crippen molar-refractivity contribution in [1.82, 2.24) is 15.1 Å². The molecule has 13 heteroatoms. The molecule has 37 heavy (non-hydrogen) atoms. The highest BCUT2D eigenvalue weighted by molar-refractivity contribution is 6.00. The van der Waals surface area contributed by atoms with E-state index in [1.165, 1.54) is 12.1 Å². The fraction of sp³-hybridized carbons (Fsp3) is 0.292.